The fraction of sp³-hybridized carbons (Fsp3) is 0.133. The van der Waals surface area contributed by atoms with Gasteiger partial charge in [-0.1, -0.05) is 23.7 Å². The summed E-state index contributed by atoms with van der Waals surface area (Å²) >= 11 is 5.66. The molecule has 1 aromatic heterocycles. The largest absolute Gasteiger partial charge is 0.452 e. The quantitative estimate of drug-likeness (QED) is 0.805. The molecule has 0 radical (unpaired) electrons. The zero-order valence-corrected chi connectivity index (χ0v) is 12.8. The van der Waals surface area contributed by atoms with E-state index in [9.17, 15) is 18.4 Å². The smallest absolute Gasteiger partial charge is 0.387 e. The van der Waals surface area contributed by atoms with Crippen LogP contribution in [0.25, 0.3) is 0 Å². The molecule has 24 heavy (non-hydrogen) atoms. The Labute approximate surface area is 140 Å². The summed E-state index contributed by atoms with van der Waals surface area (Å²) in [6.45, 7) is -3.70. The molecule has 0 spiro atoms. The number of carbonyl (C=O) groups is 2. The minimum Gasteiger partial charge on any atom is -0.452 e. The maximum atomic E-state index is 12.3. The maximum Gasteiger partial charge on any atom is 0.387 e. The molecule has 0 fully saturated rings. The van der Waals surface area contributed by atoms with Gasteiger partial charge in [-0.2, -0.15) is 8.78 Å². The van der Waals surface area contributed by atoms with Crippen LogP contribution >= 0.6 is 11.6 Å². The number of anilines is 1. The normalized spacial score (nSPS) is 10.3. The van der Waals surface area contributed by atoms with Gasteiger partial charge in [0.15, 0.2) is 6.61 Å². The Morgan fingerprint density at radius 1 is 1.21 bits per heavy atom. The van der Waals surface area contributed by atoms with E-state index in [1.807, 2.05) is 0 Å². The standard InChI is InChI=1S/C15H11ClF2N2O4/c16-9-5-6-12(19-7-9)20-13(21)8-23-14(22)10-3-1-2-4-11(10)24-15(17)18/h1-7,15H,8H2,(H,19,20,21). The highest BCUT2D eigenvalue weighted by molar-refractivity contribution is 6.30. The predicted molar refractivity (Wildman–Crippen MR) is 81.2 cm³/mol. The minimum absolute atomic E-state index is 0.213. The molecule has 6 nitrogen and oxygen atoms in total. The molecule has 0 unspecified atom stereocenters. The second-order valence-corrected chi connectivity index (χ2v) is 4.80. The summed E-state index contributed by atoms with van der Waals surface area (Å²) in [6, 6.07) is 8.31. The third-order valence-corrected chi connectivity index (χ3v) is 2.88. The molecule has 0 aliphatic rings. The van der Waals surface area contributed by atoms with Crippen molar-refractivity contribution < 1.29 is 27.8 Å². The number of ether oxygens (including phenoxy) is 2. The molecular weight excluding hydrogens is 346 g/mol. The zero-order chi connectivity index (χ0) is 17.5. The average molecular weight is 357 g/mol. The first kappa shape index (κ1) is 17.6. The summed E-state index contributed by atoms with van der Waals surface area (Å²) in [4.78, 5) is 27.4. The molecule has 1 amide bonds. The monoisotopic (exact) mass is 356 g/mol. The lowest BCUT2D eigenvalue weighted by molar-refractivity contribution is -0.119. The van der Waals surface area contributed by atoms with Gasteiger partial charge in [-0.25, -0.2) is 9.78 Å². The highest BCUT2D eigenvalue weighted by atomic mass is 35.5. The van der Waals surface area contributed by atoms with Crippen LogP contribution in [0.4, 0.5) is 14.6 Å². The van der Waals surface area contributed by atoms with Gasteiger partial charge in [-0.15, -0.1) is 0 Å². The highest BCUT2D eigenvalue weighted by Gasteiger charge is 2.17. The van der Waals surface area contributed by atoms with E-state index in [-0.39, 0.29) is 17.1 Å². The molecule has 1 heterocycles. The average Bonchev–Trinajstić information content (AvgIpc) is 2.55. The molecule has 0 saturated carbocycles. The lowest BCUT2D eigenvalue weighted by Gasteiger charge is -2.10. The number of nitrogens with one attached hydrogen (secondary N) is 1. The Hall–Kier alpha value is -2.74. The fourth-order valence-corrected chi connectivity index (χ4v) is 1.78. The van der Waals surface area contributed by atoms with Crippen molar-refractivity contribution in [2.24, 2.45) is 0 Å². The summed E-state index contributed by atoms with van der Waals surface area (Å²) in [7, 11) is 0. The van der Waals surface area contributed by atoms with Gasteiger partial charge in [0.1, 0.15) is 17.1 Å². The molecule has 0 aliphatic heterocycles. The summed E-state index contributed by atoms with van der Waals surface area (Å²) in [6.07, 6.45) is 1.33. The SMILES string of the molecule is O=C(COC(=O)c1ccccc1OC(F)F)Nc1ccc(Cl)cn1. The fourth-order valence-electron chi connectivity index (χ4n) is 1.67. The first-order valence-corrected chi connectivity index (χ1v) is 6.96. The summed E-state index contributed by atoms with van der Waals surface area (Å²) in [5.41, 5.74) is -0.213. The number of amides is 1. The van der Waals surface area contributed by atoms with Crippen LogP contribution in [0.2, 0.25) is 5.02 Å². The number of esters is 1. The van der Waals surface area contributed by atoms with Crippen LogP contribution in [0.1, 0.15) is 10.4 Å². The van der Waals surface area contributed by atoms with Crippen LogP contribution in [0, 0.1) is 0 Å². The number of rotatable bonds is 6. The highest BCUT2D eigenvalue weighted by Crippen LogP contribution is 2.21. The molecule has 2 rings (SSSR count). The lowest BCUT2D eigenvalue weighted by Crippen LogP contribution is -2.21. The van der Waals surface area contributed by atoms with Crippen LogP contribution in [-0.2, 0) is 9.53 Å². The van der Waals surface area contributed by atoms with E-state index in [4.69, 9.17) is 16.3 Å². The van der Waals surface area contributed by atoms with Crippen molar-refractivity contribution in [3.05, 3.63) is 53.2 Å². The van der Waals surface area contributed by atoms with Gasteiger partial charge in [0.05, 0.1) is 5.02 Å². The molecule has 126 valence electrons. The summed E-state index contributed by atoms with van der Waals surface area (Å²) < 4.78 is 33.6. The molecule has 0 atom stereocenters. The number of halogens is 3. The predicted octanol–water partition coefficient (Wildman–Crippen LogP) is 3.13. The molecule has 0 aliphatic carbocycles. The van der Waals surface area contributed by atoms with E-state index in [1.165, 1.54) is 42.6 Å². The number of hydrogen-bond donors (Lipinski definition) is 1. The van der Waals surface area contributed by atoms with E-state index in [0.717, 1.165) is 0 Å². The summed E-state index contributed by atoms with van der Waals surface area (Å²) in [5, 5.41) is 2.78. The second kappa shape index (κ2) is 8.21. The van der Waals surface area contributed by atoms with Crippen LogP contribution in [0.15, 0.2) is 42.6 Å². The first-order chi connectivity index (χ1) is 11.5. The third-order valence-electron chi connectivity index (χ3n) is 2.65. The maximum absolute atomic E-state index is 12.3. The number of aromatic nitrogens is 1. The molecule has 1 aromatic carbocycles. The van der Waals surface area contributed by atoms with Crippen LogP contribution in [0.5, 0.6) is 5.75 Å². The molecule has 0 saturated heterocycles. The van der Waals surface area contributed by atoms with Crippen molar-refractivity contribution in [1.29, 1.82) is 0 Å². The molecule has 9 heteroatoms. The molecule has 2 aromatic rings. The number of pyridine rings is 1. The minimum atomic E-state index is -3.08. The van der Waals surface area contributed by atoms with Crippen molar-refractivity contribution in [2.75, 3.05) is 11.9 Å². The lowest BCUT2D eigenvalue weighted by atomic mass is 10.2. The van der Waals surface area contributed by atoms with E-state index in [2.05, 4.69) is 15.0 Å². The second-order valence-electron chi connectivity index (χ2n) is 4.36. The Morgan fingerprint density at radius 3 is 2.62 bits per heavy atom. The van der Waals surface area contributed by atoms with Crippen molar-refractivity contribution in [2.45, 2.75) is 6.61 Å². The number of para-hydroxylation sites is 1. The third kappa shape index (κ3) is 5.17. The number of nitrogens with zero attached hydrogens (tertiary/aromatic N) is 1. The Kier molecular flexibility index (Phi) is 6.02. The number of alkyl halides is 2. The first-order valence-electron chi connectivity index (χ1n) is 6.58. The van der Waals surface area contributed by atoms with Crippen molar-refractivity contribution in [3.8, 4) is 5.75 Å². The van der Waals surface area contributed by atoms with Gasteiger partial charge in [0, 0.05) is 6.20 Å². The number of carbonyl (C=O) groups excluding carboxylic acids is 2. The van der Waals surface area contributed by atoms with Gasteiger partial charge in [0.25, 0.3) is 5.91 Å². The van der Waals surface area contributed by atoms with Gasteiger partial charge in [0.2, 0.25) is 0 Å². The Bertz CT molecular complexity index is 726. The van der Waals surface area contributed by atoms with Crippen LogP contribution in [-0.4, -0.2) is 30.1 Å². The molecule has 0 bridgehead atoms. The van der Waals surface area contributed by atoms with Crippen LogP contribution in [0.3, 0.4) is 0 Å². The summed E-state index contributed by atoms with van der Waals surface area (Å²) in [5.74, 6) is -1.73. The van der Waals surface area contributed by atoms with Gasteiger partial charge < -0.3 is 14.8 Å². The van der Waals surface area contributed by atoms with E-state index in [0.29, 0.717) is 5.02 Å². The van der Waals surface area contributed by atoms with E-state index in [1.54, 1.807) is 0 Å². The van der Waals surface area contributed by atoms with E-state index >= 15 is 0 Å². The van der Waals surface area contributed by atoms with Gasteiger partial charge in [-0.3, -0.25) is 4.79 Å². The van der Waals surface area contributed by atoms with E-state index < -0.39 is 25.1 Å². The van der Waals surface area contributed by atoms with Crippen LogP contribution < -0.4 is 10.1 Å². The Morgan fingerprint density at radius 2 is 1.96 bits per heavy atom. The number of benzene rings is 1. The van der Waals surface area contributed by atoms with Crippen molar-refractivity contribution in [3.63, 3.8) is 0 Å². The van der Waals surface area contributed by atoms with Crippen molar-refractivity contribution >= 4 is 29.3 Å². The molecule has 1 N–H and O–H groups in total. The van der Waals surface area contributed by atoms with Crippen molar-refractivity contribution in [1.82, 2.24) is 4.98 Å². The van der Waals surface area contributed by atoms with Gasteiger partial charge in [-0.05, 0) is 24.3 Å². The Balaban J connectivity index is 1.93. The molecular formula is C15H11ClF2N2O4. The van der Waals surface area contributed by atoms with Gasteiger partial charge >= 0.3 is 12.6 Å². The number of hydrogen-bond acceptors (Lipinski definition) is 5. The zero-order valence-electron chi connectivity index (χ0n) is 12.0. The topological polar surface area (TPSA) is 77.5 Å².